The number of pyridine rings is 1. The second-order valence-corrected chi connectivity index (χ2v) is 7.59. The normalized spacial score (nSPS) is 18.6. The fourth-order valence-electron chi connectivity index (χ4n) is 3.22. The Morgan fingerprint density at radius 2 is 2.20 bits per heavy atom. The number of thiazole rings is 1. The summed E-state index contributed by atoms with van der Waals surface area (Å²) in [4.78, 5) is 24.4. The lowest BCUT2D eigenvalue weighted by atomic mass is 9.98. The van der Waals surface area contributed by atoms with Gasteiger partial charge < -0.3 is 10.2 Å². The molecule has 0 spiro atoms. The highest BCUT2D eigenvalue weighted by molar-refractivity contribution is 7.19. The molecule has 1 N–H and O–H groups in total. The first kappa shape index (κ1) is 16.2. The number of aromatic nitrogens is 4. The number of nitrogens with one attached hydrogen (secondary N) is 1. The molecule has 1 amide bonds. The van der Waals surface area contributed by atoms with Crippen molar-refractivity contribution < 1.29 is 4.79 Å². The average Bonchev–Trinajstić information content (AvgIpc) is 3.19. The zero-order valence-corrected chi connectivity index (χ0v) is 15.1. The Morgan fingerprint density at radius 1 is 1.32 bits per heavy atom. The van der Waals surface area contributed by atoms with Crippen molar-refractivity contribution >= 4 is 33.4 Å². The first-order valence-corrected chi connectivity index (χ1v) is 9.15. The van der Waals surface area contributed by atoms with E-state index in [0.717, 1.165) is 47.4 Å². The van der Waals surface area contributed by atoms with Gasteiger partial charge in [0.1, 0.15) is 0 Å². The van der Waals surface area contributed by atoms with Gasteiger partial charge in [0.25, 0.3) is 0 Å². The number of carbonyl (C=O) groups excluding carboxylic acids is 1. The lowest BCUT2D eigenvalue weighted by Gasteiger charge is -2.28. The van der Waals surface area contributed by atoms with Crippen LogP contribution in [0, 0.1) is 5.92 Å². The molecule has 7 nitrogen and oxygen atoms in total. The number of likely N-dealkylation sites (tertiary alicyclic amines) is 1. The van der Waals surface area contributed by atoms with Crippen LogP contribution in [-0.2, 0) is 11.8 Å². The van der Waals surface area contributed by atoms with Gasteiger partial charge in [-0.2, -0.15) is 5.10 Å². The third-order valence-corrected chi connectivity index (χ3v) is 5.45. The summed E-state index contributed by atoms with van der Waals surface area (Å²) in [7, 11) is 3.94. The molecule has 3 aromatic heterocycles. The van der Waals surface area contributed by atoms with Crippen molar-refractivity contribution in [2.45, 2.75) is 12.8 Å². The summed E-state index contributed by atoms with van der Waals surface area (Å²) in [6, 6.07) is 2.05. The number of anilines is 1. The second-order valence-electron chi connectivity index (χ2n) is 6.56. The maximum Gasteiger partial charge on any atom is 0.230 e. The molecule has 4 heterocycles. The van der Waals surface area contributed by atoms with Crippen molar-refractivity contribution in [1.29, 1.82) is 0 Å². The molecule has 3 aromatic rings. The van der Waals surface area contributed by atoms with Crippen LogP contribution in [0.25, 0.3) is 21.5 Å². The van der Waals surface area contributed by atoms with Crippen molar-refractivity contribution in [2.75, 3.05) is 25.5 Å². The van der Waals surface area contributed by atoms with Gasteiger partial charge in [0.05, 0.1) is 10.8 Å². The summed E-state index contributed by atoms with van der Waals surface area (Å²) in [6.07, 6.45) is 7.52. The van der Waals surface area contributed by atoms with Gasteiger partial charge in [-0.15, -0.1) is 0 Å². The smallest absolute Gasteiger partial charge is 0.230 e. The number of piperidine rings is 1. The summed E-state index contributed by atoms with van der Waals surface area (Å²) in [5.41, 5.74) is 1.71. The van der Waals surface area contributed by atoms with E-state index < -0.39 is 0 Å². The number of hydrogen-bond donors (Lipinski definition) is 1. The van der Waals surface area contributed by atoms with Crippen molar-refractivity contribution in [3.8, 4) is 10.4 Å². The van der Waals surface area contributed by atoms with Crippen molar-refractivity contribution in [3.05, 3.63) is 24.7 Å². The third kappa shape index (κ3) is 3.40. The van der Waals surface area contributed by atoms with Gasteiger partial charge in [0.15, 0.2) is 10.8 Å². The van der Waals surface area contributed by atoms with Crippen LogP contribution in [0.2, 0.25) is 0 Å². The predicted molar refractivity (Wildman–Crippen MR) is 98.5 cm³/mol. The predicted octanol–water partition coefficient (Wildman–Crippen LogP) is 2.37. The van der Waals surface area contributed by atoms with Crippen molar-refractivity contribution in [1.82, 2.24) is 24.6 Å². The summed E-state index contributed by atoms with van der Waals surface area (Å²) in [5, 5.41) is 8.88. The lowest BCUT2D eigenvalue weighted by molar-refractivity contribution is -0.121. The molecule has 4 rings (SSSR count). The molecule has 0 aromatic carbocycles. The molecule has 25 heavy (non-hydrogen) atoms. The highest BCUT2D eigenvalue weighted by Gasteiger charge is 2.24. The van der Waals surface area contributed by atoms with Crippen LogP contribution in [0.4, 0.5) is 5.13 Å². The van der Waals surface area contributed by atoms with Gasteiger partial charge in [-0.05, 0) is 32.5 Å². The van der Waals surface area contributed by atoms with E-state index >= 15 is 0 Å². The highest BCUT2D eigenvalue weighted by atomic mass is 32.1. The van der Waals surface area contributed by atoms with E-state index in [0.29, 0.717) is 5.13 Å². The molecule has 1 atom stereocenters. The summed E-state index contributed by atoms with van der Waals surface area (Å²) < 4.78 is 1.75. The number of fused-ring (bicyclic) bond motifs is 1. The molecule has 1 aliphatic heterocycles. The molecule has 1 unspecified atom stereocenters. The minimum atomic E-state index is 0.0412. The molecular formula is C17H20N6OS. The number of carbonyl (C=O) groups is 1. The number of aryl methyl sites for hydroxylation is 1. The highest BCUT2D eigenvalue weighted by Crippen LogP contribution is 2.30. The minimum absolute atomic E-state index is 0.0412. The summed E-state index contributed by atoms with van der Waals surface area (Å²) >= 11 is 1.47. The fourth-order valence-corrected chi connectivity index (χ4v) is 4.02. The van der Waals surface area contributed by atoms with Crippen LogP contribution in [-0.4, -0.2) is 50.7 Å². The van der Waals surface area contributed by atoms with E-state index in [1.54, 1.807) is 17.1 Å². The van der Waals surface area contributed by atoms with E-state index in [9.17, 15) is 4.79 Å². The molecule has 0 radical (unpaired) electrons. The topological polar surface area (TPSA) is 75.9 Å². The van der Waals surface area contributed by atoms with Crippen LogP contribution >= 0.6 is 11.3 Å². The Kier molecular flexibility index (Phi) is 4.22. The monoisotopic (exact) mass is 356 g/mol. The van der Waals surface area contributed by atoms with Gasteiger partial charge in [-0.25, -0.2) is 9.97 Å². The van der Waals surface area contributed by atoms with Crippen LogP contribution in [0.3, 0.4) is 0 Å². The molecule has 1 aliphatic rings. The second kappa shape index (κ2) is 6.53. The zero-order chi connectivity index (χ0) is 17.4. The fraction of sp³-hybridized carbons (Fsp3) is 0.412. The van der Waals surface area contributed by atoms with Gasteiger partial charge >= 0.3 is 0 Å². The molecule has 1 fully saturated rings. The summed E-state index contributed by atoms with van der Waals surface area (Å²) in [5.74, 6) is 0.104. The van der Waals surface area contributed by atoms with Crippen molar-refractivity contribution in [3.63, 3.8) is 0 Å². The van der Waals surface area contributed by atoms with Crippen LogP contribution in [0.5, 0.6) is 0 Å². The molecule has 1 saturated heterocycles. The SMILES string of the molecule is CN1CCCC(C(=O)Nc2ncc(-c3cnc4nn(C)cc4c3)s2)C1. The molecule has 130 valence electrons. The van der Waals surface area contributed by atoms with Gasteiger partial charge in [0.2, 0.25) is 5.91 Å². The number of hydrogen-bond acceptors (Lipinski definition) is 6. The van der Waals surface area contributed by atoms with Crippen LogP contribution in [0.1, 0.15) is 12.8 Å². The molecule has 0 bridgehead atoms. The first-order valence-electron chi connectivity index (χ1n) is 8.33. The number of nitrogens with zero attached hydrogens (tertiary/aromatic N) is 5. The van der Waals surface area contributed by atoms with Gasteiger partial charge in [-0.3, -0.25) is 9.48 Å². The molecule has 0 aliphatic carbocycles. The molecule has 0 saturated carbocycles. The van der Waals surface area contributed by atoms with E-state index in [2.05, 4.69) is 32.3 Å². The molecular weight excluding hydrogens is 336 g/mol. The van der Waals surface area contributed by atoms with Crippen LogP contribution < -0.4 is 5.32 Å². The van der Waals surface area contributed by atoms with E-state index in [-0.39, 0.29) is 11.8 Å². The Bertz CT molecular complexity index is 917. The van der Waals surface area contributed by atoms with E-state index in [1.807, 2.05) is 19.3 Å². The standard InChI is InChI=1S/C17H20N6OS/c1-22-5-3-4-11(9-22)16(24)20-17-19-8-14(25-17)12-6-13-10-23(2)21-15(13)18-7-12/h6-8,10-11H,3-5,9H2,1-2H3,(H,19,20,24). The maximum atomic E-state index is 12.4. The summed E-state index contributed by atoms with van der Waals surface area (Å²) in [6.45, 7) is 1.88. The quantitative estimate of drug-likeness (QED) is 0.780. The number of rotatable bonds is 3. The van der Waals surface area contributed by atoms with Crippen LogP contribution in [0.15, 0.2) is 24.7 Å². The molecule has 8 heteroatoms. The first-order chi connectivity index (χ1) is 12.1. The number of amides is 1. The maximum absolute atomic E-state index is 12.4. The van der Waals surface area contributed by atoms with Gasteiger partial charge in [-0.1, -0.05) is 11.3 Å². The Morgan fingerprint density at radius 3 is 3.04 bits per heavy atom. The Hall–Kier alpha value is -2.32. The Labute approximate surface area is 149 Å². The van der Waals surface area contributed by atoms with Crippen molar-refractivity contribution in [2.24, 2.45) is 13.0 Å². The van der Waals surface area contributed by atoms with E-state index in [1.165, 1.54) is 11.3 Å². The van der Waals surface area contributed by atoms with Gasteiger partial charge in [0, 0.05) is 43.1 Å². The minimum Gasteiger partial charge on any atom is -0.306 e. The Balaban J connectivity index is 1.50. The average molecular weight is 356 g/mol. The lowest BCUT2D eigenvalue weighted by Crippen LogP contribution is -2.38. The van der Waals surface area contributed by atoms with E-state index in [4.69, 9.17) is 0 Å². The zero-order valence-electron chi connectivity index (χ0n) is 14.3. The largest absolute Gasteiger partial charge is 0.306 e. The third-order valence-electron chi connectivity index (χ3n) is 4.49.